The Balaban J connectivity index is 2.76. The van der Waals surface area contributed by atoms with Crippen LogP contribution in [0, 0.1) is 5.82 Å². The standard InChI is InChI=1S/C13H14FNO4S/c1-19-12-10(13(15-8-16)4-3-5-13)6-9(14)7-11(12)20(2,17)18/h6-7H,3-5H2,1-2H3. The van der Waals surface area contributed by atoms with Gasteiger partial charge >= 0.3 is 0 Å². The van der Waals surface area contributed by atoms with Gasteiger partial charge in [-0.25, -0.2) is 17.6 Å². The third-order valence-corrected chi connectivity index (χ3v) is 4.67. The summed E-state index contributed by atoms with van der Waals surface area (Å²) in [5.41, 5.74) is -0.635. The van der Waals surface area contributed by atoms with Crippen molar-refractivity contribution in [1.82, 2.24) is 0 Å². The second-order valence-electron chi connectivity index (χ2n) is 4.85. The average Bonchev–Trinajstić information content (AvgIpc) is 2.31. The SMILES string of the molecule is COc1c(C2(N=C=O)CCC2)cc(F)cc1S(C)(=O)=O. The lowest BCUT2D eigenvalue weighted by molar-refractivity contribution is 0.243. The molecule has 1 saturated carbocycles. The van der Waals surface area contributed by atoms with Gasteiger partial charge in [-0.1, -0.05) is 0 Å². The van der Waals surface area contributed by atoms with Crippen molar-refractivity contribution in [3.8, 4) is 5.75 Å². The number of hydrogen-bond donors (Lipinski definition) is 0. The Kier molecular flexibility index (Phi) is 3.67. The van der Waals surface area contributed by atoms with Crippen molar-refractivity contribution in [2.75, 3.05) is 13.4 Å². The number of methoxy groups -OCH3 is 1. The fourth-order valence-corrected chi connectivity index (χ4v) is 3.30. The largest absolute Gasteiger partial charge is 0.495 e. The Morgan fingerprint density at radius 1 is 1.40 bits per heavy atom. The molecule has 0 saturated heterocycles. The van der Waals surface area contributed by atoms with Crippen LogP contribution in [0.5, 0.6) is 5.75 Å². The maximum absolute atomic E-state index is 13.7. The monoisotopic (exact) mass is 299 g/mol. The molecule has 1 aliphatic rings. The number of hydrogen-bond acceptors (Lipinski definition) is 5. The predicted molar refractivity (Wildman–Crippen MR) is 69.7 cm³/mol. The summed E-state index contributed by atoms with van der Waals surface area (Å²) in [6, 6.07) is 2.09. The van der Waals surface area contributed by atoms with Gasteiger partial charge in [0.15, 0.2) is 9.84 Å². The molecule has 0 aromatic heterocycles. The molecule has 1 fully saturated rings. The van der Waals surface area contributed by atoms with Crippen LogP contribution < -0.4 is 4.74 Å². The summed E-state index contributed by atoms with van der Waals surface area (Å²) in [5, 5.41) is 0. The molecule has 0 spiro atoms. The van der Waals surface area contributed by atoms with Crippen LogP contribution in [-0.4, -0.2) is 27.9 Å². The normalized spacial score (nSPS) is 16.9. The number of isocyanates is 1. The number of carbonyl (C=O) groups excluding carboxylic acids is 1. The molecule has 0 amide bonds. The molecule has 7 heteroatoms. The molecule has 20 heavy (non-hydrogen) atoms. The summed E-state index contributed by atoms with van der Waals surface area (Å²) in [7, 11) is -2.35. The minimum Gasteiger partial charge on any atom is -0.495 e. The lowest BCUT2D eigenvalue weighted by atomic mass is 9.72. The summed E-state index contributed by atoms with van der Waals surface area (Å²) in [6.45, 7) is 0. The highest BCUT2D eigenvalue weighted by atomic mass is 32.2. The van der Waals surface area contributed by atoms with Crippen LogP contribution in [0.4, 0.5) is 4.39 Å². The number of halogens is 1. The van der Waals surface area contributed by atoms with E-state index in [9.17, 15) is 17.6 Å². The van der Waals surface area contributed by atoms with Crippen LogP contribution in [0.3, 0.4) is 0 Å². The summed E-state index contributed by atoms with van der Waals surface area (Å²) < 4.78 is 42.4. The van der Waals surface area contributed by atoms with Crippen molar-refractivity contribution in [2.24, 2.45) is 4.99 Å². The minimum absolute atomic E-state index is 0.0487. The Morgan fingerprint density at radius 3 is 2.45 bits per heavy atom. The van der Waals surface area contributed by atoms with Crippen LogP contribution in [0.1, 0.15) is 24.8 Å². The van der Waals surface area contributed by atoms with E-state index in [0.717, 1.165) is 18.7 Å². The molecular formula is C13H14FNO4S. The lowest BCUT2D eigenvalue weighted by Gasteiger charge is -2.38. The molecule has 0 heterocycles. The molecule has 5 nitrogen and oxygen atoms in total. The van der Waals surface area contributed by atoms with E-state index in [0.29, 0.717) is 12.8 Å². The van der Waals surface area contributed by atoms with Crippen molar-refractivity contribution in [2.45, 2.75) is 29.7 Å². The van der Waals surface area contributed by atoms with Crippen molar-refractivity contribution < 1.29 is 22.3 Å². The molecule has 0 aliphatic heterocycles. The molecule has 1 aliphatic carbocycles. The van der Waals surface area contributed by atoms with Crippen molar-refractivity contribution in [3.05, 3.63) is 23.5 Å². The molecule has 1 aromatic carbocycles. The van der Waals surface area contributed by atoms with E-state index >= 15 is 0 Å². The van der Waals surface area contributed by atoms with E-state index in [-0.39, 0.29) is 16.2 Å². The van der Waals surface area contributed by atoms with E-state index in [1.165, 1.54) is 19.3 Å². The Bertz CT molecular complexity index is 689. The van der Waals surface area contributed by atoms with Crippen LogP contribution >= 0.6 is 0 Å². The maximum atomic E-state index is 13.7. The average molecular weight is 299 g/mol. The summed E-state index contributed by atoms with van der Waals surface area (Å²) >= 11 is 0. The van der Waals surface area contributed by atoms with Gasteiger partial charge in [0.1, 0.15) is 22.0 Å². The summed E-state index contributed by atoms with van der Waals surface area (Å²) in [6.07, 6.45) is 4.35. The first-order chi connectivity index (χ1) is 9.34. The minimum atomic E-state index is -3.66. The second-order valence-corrected chi connectivity index (χ2v) is 6.83. The quantitative estimate of drug-likeness (QED) is 0.629. The van der Waals surface area contributed by atoms with Crippen molar-refractivity contribution in [3.63, 3.8) is 0 Å². The zero-order valence-corrected chi connectivity index (χ0v) is 12.0. The van der Waals surface area contributed by atoms with Crippen molar-refractivity contribution in [1.29, 1.82) is 0 Å². The molecule has 0 bridgehead atoms. The van der Waals surface area contributed by atoms with E-state index in [2.05, 4.69) is 4.99 Å². The first kappa shape index (κ1) is 14.7. The van der Waals surface area contributed by atoms with E-state index in [1.807, 2.05) is 0 Å². The molecule has 1 aromatic rings. The smallest absolute Gasteiger partial charge is 0.235 e. The molecule has 0 radical (unpaired) electrons. The van der Waals surface area contributed by atoms with Gasteiger partial charge in [0, 0.05) is 11.8 Å². The van der Waals surface area contributed by atoms with Gasteiger partial charge in [-0.2, -0.15) is 4.99 Å². The van der Waals surface area contributed by atoms with Gasteiger partial charge in [-0.3, -0.25) is 0 Å². The zero-order chi connectivity index (χ0) is 15.0. The van der Waals surface area contributed by atoms with E-state index in [4.69, 9.17) is 4.74 Å². The number of aliphatic imine (C=N–C) groups is 1. The molecule has 0 N–H and O–H groups in total. The fraction of sp³-hybridized carbons (Fsp3) is 0.462. The van der Waals surface area contributed by atoms with Gasteiger partial charge in [-0.15, -0.1) is 0 Å². The zero-order valence-electron chi connectivity index (χ0n) is 11.1. The summed E-state index contributed by atoms with van der Waals surface area (Å²) in [4.78, 5) is 14.1. The van der Waals surface area contributed by atoms with Crippen LogP contribution in [0.15, 0.2) is 22.0 Å². The van der Waals surface area contributed by atoms with Crippen LogP contribution in [0.25, 0.3) is 0 Å². The Hall–Kier alpha value is -1.72. The predicted octanol–water partition coefficient (Wildman–Crippen LogP) is 1.95. The van der Waals surface area contributed by atoms with Gasteiger partial charge < -0.3 is 4.74 Å². The third kappa shape index (κ3) is 2.34. The fourth-order valence-electron chi connectivity index (χ4n) is 2.44. The molecule has 108 valence electrons. The van der Waals surface area contributed by atoms with Gasteiger partial charge in [0.2, 0.25) is 6.08 Å². The molecular weight excluding hydrogens is 285 g/mol. The number of sulfone groups is 1. The van der Waals surface area contributed by atoms with Gasteiger partial charge in [0.25, 0.3) is 0 Å². The molecule has 0 atom stereocenters. The van der Waals surface area contributed by atoms with Crippen LogP contribution in [-0.2, 0) is 20.2 Å². The second kappa shape index (κ2) is 5.00. The highest BCUT2D eigenvalue weighted by Crippen LogP contribution is 2.49. The maximum Gasteiger partial charge on any atom is 0.235 e. The van der Waals surface area contributed by atoms with Gasteiger partial charge in [-0.05, 0) is 31.4 Å². The first-order valence-electron chi connectivity index (χ1n) is 6.01. The highest BCUT2D eigenvalue weighted by molar-refractivity contribution is 7.90. The summed E-state index contributed by atoms with van der Waals surface area (Å²) in [5.74, 6) is -0.652. The Labute approximate surface area is 116 Å². The Morgan fingerprint density at radius 2 is 2.05 bits per heavy atom. The van der Waals surface area contributed by atoms with Gasteiger partial charge in [0.05, 0.1) is 7.11 Å². The number of ether oxygens (including phenoxy) is 1. The van der Waals surface area contributed by atoms with Crippen molar-refractivity contribution >= 4 is 15.9 Å². The number of rotatable bonds is 4. The third-order valence-electron chi connectivity index (χ3n) is 3.56. The highest BCUT2D eigenvalue weighted by Gasteiger charge is 2.42. The lowest BCUT2D eigenvalue weighted by Crippen LogP contribution is -2.33. The topological polar surface area (TPSA) is 72.8 Å². The molecule has 2 rings (SSSR count). The van der Waals surface area contributed by atoms with E-state index < -0.39 is 21.2 Å². The number of benzene rings is 1. The first-order valence-corrected chi connectivity index (χ1v) is 7.90. The molecule has 0 unspecified atom stereocenters. The number of nitrogens with zero attached hydrogens (tertiary/aromatic N) is 1. The van der Waals surface area contributed by atoms with Crippen LogP contribution in [0.2, 0.25) is 0 Å². The van der Waals surface area contributed by atoms with E-state index in [1.54, 1.807) is 0 Å².